The maximum atomic E-state index is 12.5. The molecule has 0 saturated carbocycles. The van der Waals surface area contributed by atoms with Gasteiger partial charge in [0.1, 0.15) is 0 Å². The molecule has 0 radical (unpaired) electrons. The standard InChI is InChI=1S/C22H26N2O3/c1-14-8-15(2)22-18(9-14)19(25)11-17(23-22)13-24(3)12-16-6-7-20(26-4)21(10-16)27-5/h6-11H,12-13H2,1-5H3,(H,23,25). The molecule has 0 bridgehead atoms. The highest BCUT2D eigenvalue weighted by molar-refractivity contribution is 5.82. The Morgan fingerprint density at radius 1 is 0.963 bits per heavy atom. The minimum Gasteiger partial charge on any atom is -0.493 e. The molecular weight excluding hydrogens is 340 g/mol. The fraction of sp³-hybridized carbons (Fsp3) is 0.318. The molecule has 27 heavy (non-hydrogen) atoms. The SMILES string of the molecule is COc1ccc(CN(C)Cc2cc(=O)c3cc(C)cc(C)c3[nH]2)cc1OC. The van der Waals surface area contributed by atoms with Crippen molar-refractivity contribution in [3.05, 3.63) is 69.0 Å². The van der Waals surface area contributed by atoms with E-state index in [1.165, 1.54) is 0 Å². The third-order valence-corrected chi connectivity index (χ3v) is 4.68. The highest BCUT2D eigenvalue weighted by Crippen LogP contribution is 2.28. The van der Waals surface area contributed by atoms with Crippen LogP contribution in [0.15, 0.2) is 41.2 Å². The molecule has 3 rings (SSSR count). The molecule has 0 spiro atoms. The number of aryl methyl sites for hydroxylation is 2. The number of pyridine rings is 1. The summed E-state index contributed by atoms with van der Waals surface area (Å²) in [6, 6.07) is 11.6. The third-order valence-electron chi connectivity index (χ3n) is 4.68. The van der Waals surface area contributed by atoms with E-state index in [4.69, 9.17) is 9.47 Å². The summed E-state index contributed by atoms with van der Waals surface area (Å²) in [5.74, 6) is 1.43. The van der Waals surface area contributed by atoms with Gasteiger partial charge in [0, 0.05) is 30.2 Å². The number of aromatic nitrogens is 1. The van der Waals surface area contributed by atoms with Gasteiger partial charge >= 0.3 is 0 Å². The molecule has 1 heterocycles. The molecule has 0 amide bonds. The molecule has 0 fully saturated rings. The second-order valence-electron chi connectivity index (χ2n) is 7.02. The highest BCUT2D eigenvalue weighted by Gasteiger charge is 2.10. The quantitative estimate of drug-likeness (QED) is 0.721. The second kappa shape index (κ2) is 7.84. The Morgan fingerprint density at radius 3 is 2.41 bits per heavy atom. The van der Waals surface area contributed by atoms with Crippen LogP contribution in [-0.4, -0.2) is 31.2 Å². The summed E-state index contributed by atoms with van der Waals surface area (Å²) >= 11 is 0. The molecular formula is C22H26N2O3. The first-order valence-electron chi connectivity index (χ1n) is 8.94. The molecule has 0 aliphatic carbocycles. The van der Waals surface area contributed by atoms with Crippen LogP contribution in [0.3, 0.4) is 0 Å². The van der Waals surface area contributed by atoms with E-state index in [9.17, 15) is 4.79 Å². The second-order valence-corrected chi connectivity index (χ2v) is 7.02. The van der Waals surface area contributed by atoms with Gasteiger partial charge in [-0.1, -0.05) is 12.1 Å². The Morgan fingerprint density at radius 2 is 1.70 bits per heavy atom. The van der Waals surface area contributed by atoms with Gasteiger partial charge in [-0.05, 0) is 55.8 Å². The minimum atomic E-state index is 0.0602. The van der Waals surface area contributed by atoms with Crippen LogP contribution in [0.5, 0.6) is 11.5 Å². The van der Waals surface area contributed by atoms with E-state index in [-0.39, 0.29) is 5.43 Å². The summed E-state index contributed by atoms with van der Waals surface area (Å²) in [7, 11) is 5.29. The molecule has 3 aromatic rings. The molecule has 5 nitrogen and oxygen atoms in total. The van der Waals surface area contributed by atoms with Crippen molar-refractivity contribution in [2.45, 2.75) is 26.9 Å². The van der Waals surface area contributed by atoms with Crippen LogP contribution in [0.25, 0.3) is 10.9 Å². The first-order valence-corrected chi connectivity index (χ1v) is 8.94. The number of ether oxygens (including phenoxy) is 2. The number of hydrogen-bond donors (Lipinski definition) is 1. The van der Waals surface area contributed by atoms with Gasteiger partial charge in [-0.3, -0.25) is 9.69 Å². The summed E-state index contributed by atoms with van der Waals surface area (Å²) < 4.78 is 10.7. The normalized spacial score (nSPS) is 11.2. The minimum absolute atomic E-state index is 0.0602. The Kier molecular flexibility index (Phi) is 5.51. The largest absolute Gasteiger partial charge is 0.493 e. The molecule has 0 saturated heterocycles. The summed E-state index contributed by atoms with van der Waals surface area (Å²) in [6.07, 6.45) is 0. The van der Waals surface area contributed by atoms with E-state index in [2.05, 4.69) is 16.0 Å². The molecule has 2 aromatic carbocycles. The van der Waals surface area contributed by atoms with Gasteiger partial charge < -0.3 is 14.5 Å². The van der Waals surface area contributed by atoms with Crippen molar-refractivity contribution >= 4 is 10.9 Å². The van der Waals surface area contributed by atoms with E-state index in [1.54, 1.807) is 20.3 Å². The van der Waals surface area contributed by atoms with Crippen LogP contribution in [-0.2, 0) is 13.1 Å². The number of H-pyrrole nitrogens is 1. The summed E-state index contributed by atoms with van der Waals surface area (Å²) in [6.45, 7) is 5.42. The number of methoxy groups -OCH3 is 2. The van der Waals surface area contributed by atoms with Gasteiger partial charge in [-0.25, -0.2) is 0 Å². The van der Waals surface area contributed by atoms with Crippen molar-refractivity contribution in [3.8, 4) is 11.5 Å². The van der Waals surface area contributed by atoms with Gasteiger partial charge in [-0.15, -0.1) is 0 Å². The fourth-order valence-electron chi connectivity index (χ4n) is 3.48. The maximum absolute atomic E-state index is 12.5. The van der Waals surface area contributed by atoms with Gasteiger partial charge in [-0.2, -0.15) is 0 Å². The number of nitrogens with zero attached hydrogens (tertiary/aromatic N) is 1. The number of aromatic amines is 1. The zero-order chi connectivity index (χ0) is 19.6. The molecule has 5 heteroatoms. The van der Waals surface area contributed by atoms with E-state index >= 15 is 0 Å². The molecule has 0 aliphatic heterocycles. The van der Waals surface area contributed by atoms with Gasteiger partial charge in [0.25, 0.3) is 0 Å². The maximum Gasteiger partial charge on any atom is 0.189 e. The smallest absolute Gasteiger partial charge is 0.189 e. The molecule has 1 aromatic heterocycles. The lowest BCUT2D eigenvalue weighted by Crippen LogP contribution is -2.19. The number of hydrogen-bond acceptors (Lipinski definition) is 4. The highest BCUT2D eigenvalue weighted by atomic mass is 16.5. The van der Waals surface area contributed by atoms with E-state index in [0.29, 0.717) is 18.0 Å². The number of fused-ring (bicyclic) bond motifs is 1. The Balaban J connectivity index is 1.82. The van der Waals surface area contributed by atoms with Gasteiger partial charge in [0.15, 0.2) is 16.9 Å². The lowest BCUT2D eigenvalue weighted by Gasteiger charge is -2.18. The number of nitrogens with one attached hydrogen (secondary N) is 1. The average molecular weight is 366 g/mol. The van der Waals surface area contributed by atoms with Crippen LogP contribution in [0.2, 0.25) is 0 Å². The van der Waals surface area contributed by atoms with Gasteiger partial charge in [0.05, 0.1) is 19.7 Å². The van der Waals surface area contributed by atoms with Gasteiger partial charge in [0.2, 0.25) is 0 Å². The van der Waals surface area contributed by atoms with E-state index in [1.807, 2.05) is 45.2 Å². The van der Waals surface area contributed by atoms with Crippen molar-refractivity contribution in [2.75, 3.05) is 21.3 Å². The van der Waals surface area contributed by atoms with Crippen molar-refractivity contribution in [3.63, 3.8) is 0 Å². The zero-order valence-corrected chi connectivity index (χ0v) is 16.6. The Labute approximate surface area is 159 Å². The van der Waals surface area contributed by atoms with Crippen molar-refractivity contribution in [2.24, 2.45) is 0 Å². The third kappa shape index (κ3) is 4.14. The van der Waals surface area contributed by atoms with Crippen LogP contribution in [0.1, 0.15) is 22.4 Å². The molecule has 0 unspecified atom stereocenters. The first-order chi connectivity index (χ1) is 12.9. The van der Waals surface area contributed by atoms with Crippen molar-refractivity contribution < 1.29 is 9.47 Å². The Bertz CT molecular complexity index is 1020. The van der Waals surface area contributed by atoms with E-state index in [0.717, 1.165) is 39.8 Å². The molecule has 1 N–H and O–H groups in total. The summed E-state index contributed by atoms with van der Waals surface area (Å²) in [5.41, 5.74) is 5.19. The monoisotopic (exact) mass is 366 g/mol. The average Bonchev–Trinajstić information content (AvgIpc) is 2.62. The van der Waals surface area contributed by atoms with Crippen LogP contribution < -0.4 is 14.9 Å². The number of rotatable bonds is 6. The first kappa shape index (κ1) is 19.0. The predicted octanol–water partition coefficient (Wildman–Crippen LogP) is 3.79. The van der Waals surface area contributed by atoms with Crippen LogP contribution in [0.4, 0.5) is 0 Å². The van der Waals surface area contributed by atoms with Crippen LogP contribution >= 0.6 is 0 Å². The molecule has 0 aliphatic rings. The number of benzene rings is 2. The lowest BCUT2D eigenvalue weighted by atomic mass is 10.1. The zero-order valence-electron chi connectivity index (χ0n) is 16.6. The summed E-state index contributed by atoms with van der Waals surface area (Å²) in [5, 5.41) is 0.749. The topological polar surface area (TPSA) is 54.6 Å². The summed E-state index contributed by atoms with van der Waals surface area (Å²) in [4.78, 5) is 18.1. The lowest BCUT2D eigenvalue weighted by molar-refractivity contribution is 0.313. The van der Waals surface area contributed by atoms with Crippen molar-refractivity contribution in [1.82, 2.24) is 9.88 Å². The molecule has 142 valence electrons. The van der Waals surface area contributed by atoms with E-state index < -0.39 is 0 Å². The molecule has 0 atom stereocenters. The predicted molar refractivity (Wildman–Crippen MR) is 109 cm³/mol. The Hall–Kier alpha value is -2.79. The van der Waals surface area contributed by atoms with Crippen LogP contribution in [0, 0.1) is 13.8 Å². The van der Waals surface area contributed by atoms with Crippen molar-refractivity contribution in [1.29, 1.82) is 0 Å². The fourth-order valence-corrected chi connectivity index (χ4v) is 3.48.